The normalized spacial score (nSPS) is 10.2. The minimum atomic E-state index is 0.618. The van der Waals surface area contributed by atoms with Gasteiger partial charge in [0, 0.05) is 11.4 Å². The maximum atomic E-state index is 5.40. The highest BCUT2D eigenvalue weighted by atomic mass is 32.1. The predicted octanol–water partition coefficient (Wildman–Crippen LogP) is 4.73. The molecule has 0 amide bonds. The predicted molar refractivity (Wildman–Crippen MR) is 91.7 cm³/mol. The minimum absolute atomic E-state index is 0.618. The molecular formula is C17H20N2S. The lowest BCUT2D eigenvalue weighted by Gasteiger charge is -2.15. The van der Waals surface area contributed by atoms with Gasteiger partial charge in [-0.1, -0.05) is 24.3 Å². The fourth-order valence-electron chi connectivity index (χ4n) is 2.03. The van der Waals surface area contributed by atoms with E-state index in [0.29, 0.717) is 5.11 Å². The second-order valence-corrected chi connectivity index (χ2v) is 5.55. The Morgan fingerprint density at radius 3 is 2.30 bits per heavy atom. The number of rotatable bonds is 2. The summed E-state index contributed by atoms with van der Waals surface area (Å²) >= 11 is 5.40. The van der Waals surface area contributed by atoms with E-state index in [1.54, 1.807) is 0 Å². The van der Waals surface area contributed by atoms with Crippen LogP contribution in [0.3, 0.4) is 0 Å². The molecule has 0 radical (unpaired) electrons. The summed E-state index contributed by atoms with van der Waals surface area (Å²) in [5.74, 6) is 0. The molecule has 0 aliphatic rings. The summed E-state index contributed by atoms with van der Waals surface area (Å²) in [7, 11) is 0. The van der Waals surface area contributed by atoms with Gasteiger partial charge in [-0.15, -0.1) is 0 Å². The molecule has 0 saturated carbocycles. The summed E-state index contributed by atoms with van der Waals surface area (Å²) in [4.78, 5) is 0. The lowest BCUT2D eigenvalue weighted by Crippen LogP contribution is -2.20. The Morgan fingerprint density at radius 2 is 1.55 bits per heavy atom. The van der Waals surface area contributed by atoms with Crippen molar-refractivity contribution in [2.45, 2.75) is 27.7 Å². The number of anilines is 2. The first-order valence-electron chi connectivity index (χ1n) is 6.69. The smallest absolute Gasteiger partial charge is 0.175 e. The van der Waals surface area contributed by atoms with Gasteiger partial charge in [-0.25, -0.2) is 0 Å². The molecule has 0 aliphatic carbocycles. The van der Waals surface area contributed by atoms with E-state index in [2.05, 4.69) is 62.6 Å². The van der Waals surface area contributed by atoms with Crippen LogP contribution in [0, 0.1) is 27.7 Å². The van der Waals surface area contributed by atoms with Crippen LogP contribution in [0.2, 0.25) is 0 Å². The fraction of sp³-hybridized carbons (Fsp3) is 0.235. The maximum Gasteiger partial charge on any atom is 0.175 e. The summed E-state index contributed by atoms with van der Waals surface area (Å²) in [6.07, 6.45) is 0. The van der Waals surface area contributed by atoms with E-state index in [1.807, 2.05) is 12.1 Å². The van der Waals surface area contributed by atoms with Gasteiger partial charge in [0.25, 0.3) is 0 Å². The van der Waals surface area contributed by atoms with Gasteiger partial charge in [0.1, 0.15) is 0 Å². The number of hydrogen-bond donors (Lipinski definition) is 2. The highest BCUT2D eigenvalue weighted by Crippen LogP contribution is 2.20. The second kappa shape index (κ2) is 6.06. The minimum Gasteiger partial charge on any atom is -0.332 e. The van der Waals surface area contributed by atoms with E-state index < -0.39 is 0 Å². The van der Waals surface area contributed by atoms with Gasteiger partial charge >= 0.3 is 0 Å². The first-order chi connectivity index (χ1) is 9.47. The Morgan fingerprint density at radius 1 is 0.850 bits per heavy atom. The van der Waals surface area contributed by atoms with Crippen LogP contribution in [0.25, 0.3) is 0 Å². The van der Waals surface area contributed by atoms with Crippen LogP contribution in [-0.4, -0.2) is 5.11 Å². The van der Waals surface area contributed by atoms with Crippen molar-refractivity contribution in [1.29, 1.82) is 0 Å². The molecule has 0 atom stereocenters. The average molecular weight is 284 g/mol. The monoisotopic (exact) mass is 284 g/mol. The van der Waals surface area contributed by atoms with Crippen molar-refractivity contribution in [3.8, 4) is 0 Å². The van der Waals surface area contributed by atoms with Gasteiger partial charge in [0.05, 0.1) is 0 Å². The first kappa shape index (κ1) is 14.5. The molecule has 3 heteroatoms. The molecular weight excluding hydrogens is 264 g/mol. The van der Waals surface area contributed by atoms with Gasteiger partial charge in [0.15, 0.2) is 5.11 Å². The van der Waals surface area contributed by atoms with Crippen LogP contribution >= 0.6 is 12.2 Å². The lowest BCUT2D eigenvalue weighted by molar-refractivity contribution is 1.34. The molecule has 0 aromatic heterocycles. The average Bonchev–Trinajstić information content (AvgIpc) is 2.39. The van der Waals surface area contributed by atoms with Crippen LogP contribution in [0.15, 0.2) is 36.4 Å². The molecule has 2 rings (SSSR count). The lowest BCUT2D eigenvalue weighted by atomic mass is 10.1. The number of benzene rings is 2. The van der Waals surface area contributed by atoms with Crippen molar-refractivity contribution in [3.63, 3.8) is 0 Å². The van der Waals surface area contributed by atoms with E-state index in [4.69, 9.17) is 12.2 Å². The number of hydrogen-bond acceptors (Lipinski definition) is 1. The standard InChI is InChI=1S/C17H20N2S/c1-11-8-9-13(3)16(10-11)19-17(20)18-15-7-5-6-12(2)14(15)4/h5-10H,1-4H3,(H2,18,19,20). The van der Waals surface area contributed by atoms with Crippen molar-refractivity contribution in [2.75, 3.05) is 10.6 Å². The van der Waals surface area contributed by atoms with Crippen molar-refractivity contribution in [1.82, 2.24) is 0 Å². The molecule has 0 bridgehead atoms. The first-order valence-corrected chi connectivity index (χ1v) is 7.09. The highest BCUT2D eigenvalue weighted by molar-refractivity contribution is 7.80. The van der Waals surface area contributed by atoms with Gasteiger partial charge < -0.3 is 10.6 Å². The summed E-state index contributed by atoms with van der Waals surface area (Å²) in [5, 5.41) is 7.15. The third-order valence-electron chi connectivity index (χ3n) is 3.49. The molecule has 0 aliphatic heterocycles. The Kier molecular flexibility index (Phi) is 4.40. The molecule has 0 heterocycles. The second-order valence-electron chi connectivity index (χ2n) is 5.14. The van der Waals surface area contributed by atoms with Crippen molar-refractivity contribution < 1.29 is 0 Å². The Labute approximate surface area is 126 Å². The molecule has 2 aromatic rings. The third-order valence-corrected chi connectivity index (χ3v) is 3.70. The van der Waals surface area contributed by atoms with Crippen LogP contribution < -0.4 is 10.6 Å². The summed E-state index contributed by atoms with van der Waals surface area (Å²) in [5.41, 5.74) is 6.97. The fourth-order valence-corrected chi connectivity index (χ4v) is 2.25. The Bertz CT molecular complexity index is 641. The largest absolute Gasteiger partial charge is 0.332 e. The van der Waals surface area contributed by atoms with E-state index >= 15 is 0 Å². The van der Waals surface area contributed by atoms with E-state index in [0.717, 1.165) is 11.4 Å². The van der Waals surface area contributed by atoms with E-state index in [-0.39, 0.29) is 0 Å². The molecule has 2 nitrogen and oxygen atoms in total. The van der Waals surface area contributed by atoms with Crippen LogP contribution in [0.5, 0.6) is 0 Å². The van der Waals surface area contributed by atoms with Gasteiger partial charge in [0.2, 0.25) is 0 Å². The molecule has 104 valence electrons. The third kappa shape index (κ3) is 3.36. The highest BCUT2D eigenvalue weighted by Gasteiger charge is 2.05. The quantitative estimate of drug-likeness (QED) is 0.780. The van der Waals surface area contributed by atoms with E-state index in [9.17, 15) is 0 Å². The molecule has 0 saturated heterocycles. The molecule has 0 fully saturated rings. The summed E-state index contributed by atoms with van der Waals surface area (Å²) < 4.78 is 0. The Balaban J connectivity index is 2.13. The maximum absolute atomic E-state index is 5.40. The summed E-state index contributed by atoms with van der Waals surface area (Å²) in [6, 6.07) is 12.5. The van der Waals surface area contributed by atoms with Gasteiger partial charge in [-0.3, -0.25) is 0 Å². The number of aryl methyl sites for hydroxylation is 3. The SMILES string of the molecule is Cc1ccc(C)c(NC(=S)Nc2cccc(C)c2C)c1. The number of nitrogens with one attached hydrogen (secondary N) is 2. The topological polar surface area (TPSA) is 24.1 Å². The van der Waals surface area contributed by atoms with Crippen LogP contribution in [0.1, 0.15) is 22.3 Å². The molecule has 2 N–H and O–H groups in total. The van der Waals surface area contributed by atoms with Crippen molar-refractivity contribution >= 4 is 28.7 Å². The molecule has 0 unspecified atom stereocenters. The summed E-state index contributed by atoms with van der Waals surface area (Å²) in [6.45, 7) is 8.34. The van der Waals surface area contributed by atoms with Crippen molar-refractivity contribution in [2.24, 2.45) is 0 Å². The zero-order chi connectivity index (χ0) is 14.7. The van der Waals surface area contributed by atoms with Crippen LogP contribution in [0.4, 0.5) is 11.4 Å². The zero-order valence-electron chi connectivity index (χ0n) is 12.4. The van der Waals surface area contributed by atoms with Crippen molar-refractivity contribution in [3.05, 3.63) is 58.7 Å². The molecule has 20 heavy (non-hydrogen) atoms. The Hall–Kier alpha value is -1.87. The van der Waals surface area contributed by atoms with Gasteiger partial charge in [-0.05, 0) is 74.3 Å². The molecule has 0 spiro atoms. The number of thiocarbonyl (C=S) groups is 1. The zero-order valence-corrected chi connectivity index (χ0v) is 13.2. The van der Waals surface area contributed by atoms with Crippen LogP contribution in [-0.2, 0) is 0 Å². The molecule has 2 aromatic carbocycles. The van der Waals surface area contributed by atoms with E-state index in [1.165, 1.54) is 22.3 Å². The van der Waals surface area contributed by atoms with Gasteiger partial charge in [-0.2, -0.15) is 0 Å².